The SMILES string of the molecule is O=C(O)c1ccc[n+]([C@H]2O[C@H](COC(=O)c3ccc(O)cc3)[C@@H](O)[C@H]2O)c1. The maximum Gasteiger partial charge on any atom is 0.341 e. The van der Waals surface area contributed by atoms with Gasteiger partial charge in [0, 0.05) is 6.07 Å². The molecule has 4 atom stereocenters. The number of aliphatic hydroxyl groups excluding tert-OH is 2. The Hall–Kier alpha value is -3.01. The number of ether oxygens (including phenoxy) is 2. The second-order valence-electron chi connectivity index (χ2n) is 6.04. The molecule has 0 amide bonds. The molecule has 1 fully saturated rings. The van der Waals surface area contributed by atoms with Crippen molar-refractivity contribution in [1.82, 2.24) is 0 Å². The number of hydrogen-bond donors (Lipinski definition) is 4. The van der Waals surface area contributed by atoms with Crippen molar-refractivity contribution in [3.8, 4) is 5.75 Å². The molecule has 4 N–H and O–H groups in total. The lowest BCUT2D eigenvalue weighted by Crippen LogP contribution is -2.46. The zero-order valence-electron chi connectivity index (χ0n) is 14.0. The minimum atomic E-state index is -1.34. The lowest BCUT2D eigenvalue weighted by molar-refractivity contribution is -0.765. The monoisotopic (exact) mass is 376 g/mol. The van der Waals surface area contributed by atoms with Gasteiger partial charge >= 0.3 is 11.9 Å². The van der Waals surface area contributed by atoms with Gasteiger partial charge in [-0.3, -0.25) is 0 Å². The van der Waals surface area contributed by atoms with E-state index in [0.717, 1.165) is 0 Å². The first-order chi connectivity index (χ1) is 12.9. The highest BCUT2D eigenvalue weighted by Crippen LogP contribution is 2.26. The van der Waals surface area contributed by atoms with Crippen molar-refractivity contribution in [3.05, 3.63) is 59.9 Å². The van der Waals surface area contributed by atoms with E-state index in [1.807, 2.05) is 0 Å². The summed E-state index contributed by atoms with van der Waals surface area (Å²) in [6.07, 6.45) is -1.92. The topological polar surface area (TPSA) is 137 Å². The number of rotatable bonds is 5. The highest BCUT2D eigenvalue weighted by atomic mass is 16.6. The van der Waals surface area contributed by atoms with Gasteiger partial charge in [-0.1, -0.05) is 0 Å². The number of pyridine rings is 1. The van der Waals surface area contributed by atoms with Gasteiger partial charge in [0.15, 0.2) is 18.5 Å². The summed E-state index contributed by atoms with van der Waals surface area (Å²) in [5.41, 5.74) is 0.200. The number of aliphatic hydroxyl groups is 2. The van der Waals surface area contributed by atoms with Gasteiger partial charge in [-0.25, -0.2) is 9.59 Å². The first-order valence-corrected chi connectivity index (χ1v) is 8.08. The van der Waals surface area contributed by atoms with Gasteiger partial charge in [-0.05, 0) is 30.3 Å². The predicted octanol–water partition coefficient (Wildman–Crippen LogP) is -0.146. The number of carbonyl (C=O) groups is 2. The number of esters is 1. The number of phenolic OH excluding ortho intramolecular Hbond substituents is 1. The molecule has 142 valence electrons. The fourth-order valence-electron chi connectivity index (χ4n) is 2.73. The molecule has 0 unspecified atom stereocenters. The maximum atomic E-state index is 12.0. The van der Waals surface area contributed by atoms with Gasteiger partial charge in [0.2, 0.25) is 0 Å². The molecule has 9 heteroatoms. The molecule has 1 aromatic heterocycles. The van der Waals surface area contributed by atoms with Crippen LogP contribution in [0.3, 0.4) is 0 Å². The van der Waals surface area contributed by atoms with E-state index < -0.39 is 36.5 Å². The van der Waals surface area contributed by atoms with Crippen LogP contribution in [0.1, 0.15) is 26.9 Å². The molecule has 1 saturated heterocycles. The molecule has 0 saturated carbocycles. The van der Waals surface area contributed by atoms with Crippen molar-refractivity contribution >= 4 is 11.9 Å². The van der Waals surface area contributed by atoms with Gasteiger partial charge in [0.1, 0.15) is 30.1 Å². The summed E-state index contributed by atoms with van der Waals surface area (Å²) in [6, 6.07) is 8.30. The molecule has 1 aliphatic rings. The molecular formula is C18H18NO8+. The van der Waals surface area contributed by atoms with E-state index in [9.17, 15) is 24.9 Å². The minimum absolute atomic E-state index is 0.00711. The second kappa shape index (κ2) is 7.70. The molecule has 1 aromatic carbocycles. The van der Waals surface area contributed by atoms with Crippen LogP contribution in [-0.4, -0.2) is 57.3 Å². The van der Waals surface area contributed by atoms with Gasteiger partial charge < -0.3 is 29.9 Å². The number of carboxylic acids is 1. The minimum Gasteiger partial charge on any atom is -0.508 e. The highest BCUT2D eigenvalue weighted by molar-refractivity contribution is 5.89. The van der Waals surface area contributed by atoms with Crippen LogP contribution in [0.4, 0.5) is 0 Å². The number of aromatic hydroxyl groups is 1. The van der Waals surface area contributed by atoms with Crippen molar-refractivity contribution in [1.29, 1.82) is 0 Å². The van der Waals surface area contributed by atoms with E-state index in [4.69, 9.17) is 14.6 Å². The standard InChI is InChI=1S/C18H17NO8/c20-12-5-3-10(4-6-12)18(25)26-9-13-14(21)15(22)16(27-13)19-7-1-2-11(8-19)17(23)24/h1-8,13-16,21-22H,9H2,(H-,20,23,24,25)/p+1/t13-,14-,15-,16+/m1/s1. The molecule has 27 heavy (non-hydrogen) atoms. The number of carboxylic acid groups (broad SMARTS) is 1. The third-order valence-electron chi connectivity index (χ3n) is 4.18. The predicted molar refractivity (Wildman–Crippen MR) is 87.9 cm³/mol. The molecule has 9 nitrogen and oxygen atoms in total. The van der Waals surface area contributed by atoms with E-state index in [-0.39, 0.29) is 23.5 Å². The fraction of sp³-hybridized carbons (Fsp3) is 0.278. The zero-order valence-corrected chi connectivity index (χ0v) is 14.0. The number of benzene rings is 1. The number of aromatic nitrogens is 1. The van der Waals surface area contributed by atoms with Gasteiger partial charge in [0.25, 0.3) is 6.23 Å². The smallest absolute Gasteiger partial charge is 0.341 e. The maximum absolute atomic E-state index is 12.0. The third-order valence-corrected chi connectivity index (χ3v) is 4.18. The Morgan fingerprint density at radius 3 is 2.44 bits per heavy atom. The van der Waals surface area contributed by atoms with Crippen LogP contribution in [0.5, 0.6) is 5.75 Å². The summed E-state index contributed by atoms with van der Waals surface area (Å²) in [4.78, 5) is 23.1. The molecule has 1 aliphatic heterocycles. The normalized spacial score (nSPS) is 24.5. The summed E-state index contributed by atoms with van der Waals surface area (Å²) in [5.74, 6) is -1.81. The Morgan fingerprint density at radius 2 is 1.78 bits per heavy atom. The molecule has 0 radical (unpaired) electrons. The van der Waals surface area contributed by atoms with Crippen molar-refractivity contribution in [2.75, 3.05) is 6.61 Å². The Morgan fingerprint density at radius 1 is 1.07 bits per heavy atom. The van der Waals surface area contributed by atoms with Crippen molar-refractivity contribution in [2.24, 2.45) is 0 Å². The largest absolute Gasteiger partial charge is 0.508 e. The molecule has 2 aromatic rings. The lowest BCUT2D eigenvalue weighted by Gasteiger charge is -2.13. The van der Waals surface area contributed by atoms with Crippen molar-refractivity contribution in [2.45, 2.75) is 24.5 Å². The Bertz CT molecular complexity index is 838. The average molecular weight is 376 g/mol. The van der Waals surface area contributed by atoms with Crippen molar-refractivity contribution in [3.63, 3.8) is 0 Å². The molecule has 2 heterocycles. The first kappa shape index (κ1) is 18.8. The van der Waals surface area contributed by atoms with E-state index in [0.29, 0.717) is 0 Å². The quantitative estimate of drug-likeness (QED) is 0.418. The van der Waals surface area contributed by atoms with Crippen LogP contribution >= 0.6 is 0 Å². The summed E-state index contributed by atoms with van der Waals surface area (Å²) < 4.78 is 12.0. The molecular weight excluding hydrogens is 358 g/mol. The Kier molecular flexibility index (Phi) is 5.36. The Balaban J connectivity index is 1.66. The van der Waals surface area contributed by atoms with E-state index >= 15 is 0 Å². The molecule has 0 spiro atoms. The second-order valence-corrected chi connectivity index (χ2v) is 6.04. The lowest BCUT2D eigenvalue weighted by atomic mass is 10.1. The number of aromatic carboxylic acids is 1. The average Bonchev–Trinajstić information content (AvgIpc) is 2.95. The van der Waals surface area contributed by atoms with Gasteiger partial charge in [0.05, 0.1) is 5.56 Å². The van der Waals surface area contributed by atoms with Crippen LogP contribution in [0.25, 0.3) is 0 Å². The van der Waals surface area contributed by atoms with Crippen LogP contribution < -0.4 is 4.57 Å². The van der Waals surface area contributed by atoms with Crippen LogP contribution in [0.2, 0.25) is 0 Å². The third kappa shape index (κ3) is 4.05. The van der Waals surface area contributed by atoms with Gasteiger partial charge in [-0.2, -0.15) is 4.57 Å². The summed E-state index contributed by atoms with van der Waals surface area (Å²) >= 11 is 0. The Labute approximate surface area is 153 Å². The van der Waals surface area contributed by atoms with Crippen LogP contribution in [0, 0.1) is 0 Å². The van der Waals surface area contributed by atoms with Crippen molar-refractivity contribution < 1.29 is 44.1 Å². The molecule has 0 aliphatic carbocycles. The number of nitrogens with zero attached hydrogens (tertiary/aromatic N) is 1. The van der Waals surface area contributed by atoms with Crippen LogP contribution in [0.15, 0.2) is 48.8 Å². The number of phenols is 1. The summed E-state index contributed by atoms with van der Waals surface area (Å²) in [5, 5.41) is 38.6. The number of hydrogen-bond acceptors (Lipinski definition) is 7. The highest BCUT2D eigenvalue weighted by Gasteiger charge is 2.48. The first-order valence-electron chi connectivity index (χ1n) is 8.08. The van der Waals surface area contributed by atoms with E-state index in [2.05, 4.69) is 0 Å². The van der Waals surface area contributed by atoms with Gasteiger partial charge in [-0.15, -0.1) is 0 Å². The zero-order chi connectivity index (χ0) is 19.6. The fourth-order valence-corrected chi connectivity index (χ4v) is 2.73. The molecule has 3 rings (SSSR count). The summed E-state index contributed by atoms with van der Waals surface area (Å²) in [7, 11) is 0. The van der Waals surface area contributed by atoms with E-state index in [1.54, 1.807) is 0 Å². The van der Waals surface area contributed by atoms with Crippen LogP contribution in [-0.2, 0) is 9.47 Å². The summed E-state index contributed by atoms with van der Waals surface area (Å²) in [6.45, 7) is -0.312. The van der Waals surface area contributed by atoms with E-state index in [1.165, 1.54) is 53.4 Å². The molecule has 0 bridgehead atoms. The number of carbonyl (C=O) groups excluding carboxylic acids is 1.